The van der Waals surface area contributed by atoms with Crippen LogP contribution in [0.25, 0.3) is 0 Å². The first-order valence-electron chi connectivity index (χ1n) is 9.64. The van der Waals surface area contributed by atoms with Crippen LogP contribution in [0.15, 0.2) is 59.6 Å². The molecule has 0 unspecified atom stereocenters. The van der Waals surface area contributed by atoms with Gasteiger partial charge in [-0.05, 0) is 42.9 Å². The Labute approximate surface area is 184 Å². The molecule has 2 N–H and O–H groups in total. The first-order chi connectivity index (χ1) is 13.3. The number of nitrogens with one attached hydrogen (secondary N) is 2. The summed E-state index contributed by atoms with van der Waals surface area (Å²) in [4.78, 5) is 18.8. The lowest BCUT2D eigenvalue weighted by Gasteiger charge is -2.29. The molecule has 0 bridgehead atoms. The molecule has 3 rings (SSSR count). The maximum absolute atomic E-state index is 12.7. The lowest BCUT2D eigenvalue weighted by atomic mass is 10.0. The van der Waals surface area contributed by atoms with E-state index in [-0.39, 0.29) is 36.4 Å². The number of nitrogens with zero attached hydrogens (tertiary/aromatic N) is 2. The fourth-order valence-corrected chi connectivity index (χ4v) is 3.41. The van der Waals surface area contributed by atoms with Crippen molar-refractivity contribution in [3.05, 3.63) is 65.7 Å². The molecule has 2 aromatic rings. The Morgan fingerprint density at radius 2 is 1.82 bits per heavy atom. The second-order valence-corrected chi connectivity index (χ2v) is 6.72. The Kier molecular flexibility index (Phi) is 9.27. The van der Waals surface area contributed by atoms with Gasteiger partial charge in [-0.3, -0.25) is 9.79 Å². The summed E-state index contributed by atoms with van der Waals surface area (Å²) in [7, 11) is 1.73. The molecule has 0 saturated heterocycles. The Bertz CT molecular complexity index is 779. The van der Waals surface area contributed by atoms with Crippen LogP contribution in [-0.4, -0.2) is 38.5 Å². The highest BCUT2D eigenvalue weighted by Crippen LogP contribution is 2.26. The van der Waals surface area contributed by atoms with Gasteiger partial charge in [0.25, 0.3) is 0 Å². The minimum Gasteiger partial charge on any atom is -0.356 e. The third kappa shape index (κ3) is 6.22. The molecular formula is C22H29IN4O. The smallest absolute Gasteiger partial charge is 0.246 e. The van der Waals surface area contributed by atoms with Crippen LogP contribution < -0.4 is 15.5 Å². The van der Waals surface area contributed by atoms with E-state index >= 15 is 0 Å². The Morgan fingerprint density at radius 3 is 2.61 bits per heavy atom. The van der Waals surface area contributed by atoms with Gasteiger partial charge in [0.1, 0.15) is 0 Å². The Balaban J connectivity index is 0.00000280. The number of carbonyl (C=O) groups is 1. The van der Waals surface area contributed by atoms with Crippen LogP contribution in [0.1, 0.15) is 24.0 Å². The average Bonchev–Trinajstić information content (AvgIpc) is 2.73. The lowest BCUT2D eigenvalue weighted by molar-refractivity contribution is -0.117. The minimum atomic E-state index is 0. The number of aryl methyl sites for hydroxylation is 2. The zero-order valence-electron chi connectivity index (χ0n) is 16.4. The van der Waals surface area contributed by atoms with E-state index in [1.807, 2.05) is 29.2 Å². The van der Waals surface area contributed by atoms with Gasteiger partial charge in [0.05, 0.1) is 6.54 Å². The van der Waals surface area contributed by atoms with E-state index in [1.54, 1.807) is 7.05 Å². The van der Waals surface area contributed by atoms with Crippen molar-refractivity contribution >= 4 is 41.5 Å². The fourth-order valence-electron chi connectivity index (χ4n) is 3.41. The summed E-state index contributed by atoms with van der Waals surface area (Å²) < 4.78 is 0. The van der Waals surface area contributed by atoms with E-state index in [0.717, 1.165) is 44.5 Å². The van der Waals surface area contributed by atoms with Gasteiger partial charge in [-0.25, -0.2) is 0 Å². The fraction of sp³-hybridized carbons (Fsp3) is 0.364. The zero-order chi connectivity index (χ0) is 18.9. The molecule has 0 aromatic heterocycles. The number of hydrogen-bond donors (Lipinski definition) is 2. The van der Waals surface area contributed by atoms with Gasteiger partial charge in [-0.15, -0.1) is 24.0 Å². The Morgan fingerprint density at radius 1 is 1.07 bits per heavy atom. The van der Waals surface area contributed by atoms with Crippen LogP contribution in [0, 0.1) is 0 Å². The highest BCUT2D eigenvalue weighted by Gasteiger charge is 2.21. The number of rotatable bonds is 6. The summed E-state index contributed by atoms with van der Waals surface area (Å²) in [5.74, 6) is 0.746. The summed E-state index contributed by atoms with van der Waals surface area (Å²) in [5, 5.41) is 6.43. The van der Waals surface area contributed by atoms with Gasteiger partial charge >= 0.3 is 0 Å². The van der Waals surface area contributed by atoms with Crippen LogP contribution in [-0.2, 0) is 17.6 Å². The molecule has 0 fully saturated rings. The van der Waals surface area contributed by atoms with E-state index in [2.05, 4.69) is 46.0 Å². The predicted molar refractivity (Wildman–Crippen MR) is 127 cm³/mol. The molecule has 6 heteroatoms. The van der Waals surface area contributed by atoms with Crippen molar-refractivity contribution < 1.29 is 4.79 Å². The SMILES string of the molecule is CN=C(NCCCc1ccccc1)NCC(=O)N1CCCc2ccccc21.I. The van der Waals surface area contributed by atoms with Crippen molar-refractivity contribution in [2.45, 2.75) is 25.7 Å². The molecule has 1 aliphatic heterocycles. The normalized spacial score (nSPS) is 13.3. The molecule has 0 aliphatic carbocycles. The number of hydrogen-bond acceptors (Lipinski definition) is 2. The number of aliphatic imine (C=N–C) groups is 1. The number of benzene rings is 2. The summed E-state index contributed by atoms with van der Waals surface area (Å²) >= 11 is 0. The maximum atomic E-state index is 12.7. The van der Waals surface area contributed by atoms with Crippen LogP contribution in [0.5, 0.6) is 0 Å². The molecule has 2 aromatic carbocycles. The minimum absolute atomic E-state index is 0. The van der Waals surface area contributed by atoms with E-state index in [0.29, 0.717) is 5.96 Å². The molecule has 28 heavy (non-hydrogen) atoms. The molecule has 0 spiro atoms. The lowest BCUT2D eigenvalue weighted by Crippen LogP contribution is -2.46. The van der Waals surface area contributed by atoms with Crippen LogP contribution >= 0.6 is 24.0 Å². The van der Waals surface area contributed by atoms with Gasteiger partial charge in [-0.1, -0.05) is 48.5 Å². The quantitative estimate of drug-likeness (QED) is 0.282. The number of anilines is 1. The standard InChI is InChI=1S/C22H28N4O.HI/c1-23-22(24-15-7-11-18-9-3-2-4-10-18)25-17-21(27)26-16-8-13-19-12-5-6-14-20(19)26;/h2-6,9-10,12,14H,7-8,11,13,15-17H2,1H3,(H2,23,24,25);1H. The van der Waals surface area contributed by atoms with Crippen molar-refractivity contribution in [3.8, 4) is 0 Å². The van der Waals surface area contributed by atoms with Gasteiger partial charge in [-0.2, -0.15) is 0 Å². The summed E-state index contributed by atoms with van der Waals surface area (Å²) in [5.41, 5.74) is 3.63. The van der Waals surface area contributed by atoms with Crippen molar-refractivity contribution in [3.63, 3.8) is 0 Å². The molecule has 1 amide bonds. The first kappa shape index (κ1) is 22.2. The Hall–Kier alpha value is -2.09. The van der Waals surface area contributed by atoms with E-state index < -0.39 is 0 Å². The van der Waals surface area contributed by atoms with E-state index in [1.165, 1.54) is 11.1 Å². The van der Waals surface area contributed by atoms with Crippen molar-refractivity contribution in [2.75, 3.05) is 31.6 Å². The summed E-state index contributed by atoms with van der Waals surface area (Å²) in [6.07, 6.45) is 4.08. The molecule has 5 nitrogen and oxygen atoms in total. The molecule has 0 saturated carbocycles. The number of para-hydroxylation sites is 1. The number of fused-ring (bicyclic) bond motifs is 1. The van der Waals surface area contributed by atoms with Crippen LogP contribution in [0.4, 0.5) is 5.69 Å². The third-order valence-electron chi connectivity index (χ3n) is 4.82. The third-order valence-corrected chi connectivity index (χ3v) is 4.82. The highest BCUT2D eigenvalue weighted by molar-refractivity contribution is 14.0. The topological polar surface area (TPSA) is 56.7 Å². The average molecular weight is 492 g/mol. The summed E-state index contributed by atoms with van der Waals surface area (Å²) in [6, 6.07) is 18.6. The largest absolute Gasteiger partial charge is 0.356 e. The van der Waals surface area contributed by atoms with Gasteiger partial charge < -0.3 is 15.5 Å². The number of carbonyl (C=O) groups excluding carboxylic acids is 1. The van der Waals surface area contributed by atoms with Gasteiger partial charge in [0.15, 0.2) is 5.96 Å². The second kappa shape index (κ2) is 11.7. The van der Waals surface area contributed by atoms with Crippen LogP contribution in [0.3, 0.4) is 0 Å². The second-order valence-electron chi connectivity index (χ2n) is 6.72. The number of amides is 1. The zero-order valence-corrected chi connectivity index (χ0v) is 18.7. The maximum Gasteiger partial charge on any atom is 0.246 e. The number of halogens is 1. The molecular weight excluding hydrogens is 463 g/mol. The van der Waals surface area contributed by atoms with Gasteiger partial charge in [0, 0.05) is 25.8 Å². The van der Waals surface area contributed by atoms with E-state index in [4.69, 9.17) is 0 Å². The monoisotopic (exact) mass is 492 g/mol. The summed E-state index contributed by atoms with van der Waals surface area (Å²) in [6.45, 7) is 1.84. The molecule has 0 atom stereocenters. The van der Waals surface area contributed by atoms with E-state index in [9.17, 15) is 4.79 Å². The van der Waals surface area contributed by atoms with Gasteiger partial charge in [0.2, 0.25) is 5.91 Å². The molecule has 150 valence electrons. The number of guanidine groups is 1. The molecule has 1 heterocycles. The first-order valence-corrected chi connectivity index (χ1v) is 9.64. The van der Waals surface area contributed by atoms with Crippen molar-refractivity contribution in [1.29, 1.82) is 0 Å². The molecule has 1 aliphatic rings. The molecule has 0 radical (unpaired) electrons. The van der Waals surface area contributed by atoms with Crippen LogP contribution in [0.2, 0.25) is 0 Å². The van der Waals surface area contributed by atoms with Crippen molar-refractivity contribution in [1.82, 2.24) is 10.6 Å². The predicted octanol–water partition coefficient (Wildman–Crippen LogP) is 3.38. The highest BCUT2D eigenvalue weighted by atomic mass is 127. The van der Waals surface area contributed by atoms with Crippen molar-refractivity contribution in [2.24, 2.45) is 4.99 Å².